The summed E-state index contributed by atoms with van der Waals surface area (Å²) >= 11 is 0. The third-order valence-electron chi connectivity index (χ3n) is 3.27. The molecule has 0 aromatic heterocycles. The van der Waals surface area contributed by atoms with Crippen LogP contribution in [0, 0.1) is 0 Å². The van der Waals surface area contributed by atoms with Gasteiger partial charge in [-0.1, -0.05) is 48.5 Å². The molecule has 0 unspecified atom stereocenters. The minimum Gasteiger partial charge on any atom is -0.489 e. The van der Waals surface area contributed by atoms with Crippen LogP contribution in [0.1, 0.15) is 17.5 Å². The van der Waals surface area contributed by atoms with E-state index in [9.17, 15) is 0 Å². The molecule has 18 heavy (non-hydrogen) atoms. The maximum Gasteiger partial charge on any atom is 0.127 e. The van der Waals surface area contributed by atoms with Crippen molar-refractivity contribution in [1.82, 2.24) is 0 Å². The predicted molar refractivity (Wildman–Crippen MR) is 74.7 cm³/mol. The third kappa shape index (κ3) is 2.45. The molecule has 3 rings (SSSR count). The largest absolute Gasteiger partial charge is 0.489 e. The number of benzene rings is 2. The number of ether oxygens (including phenoxy) is 1. The van der Waals surface area contributed by atoms with Gasteiger partial charge in [0, 0.05) is 5.56 Å². The van der Waals surface area contributed by atoms with E-state index >= 15 is 0 Å². The Hall–Kier alpha value is -2.02. The Kier molecular flexibility index (Phi) is 3.14. The lowest BCUT2D eigenvalue weighted by Crippen LogP contribution is -2.07. The molecule has 2 aromatic rings. The molecular weight excluding hydrogens is 220 g/mol. The van der Waals surface area contributed by atoms with E-state index in [0.29, 0.717) is 0 Å². The van der Waals surface area contributed by atoms with Gasteiger partial charge in [-0.05, 0) is 36.1 Å². The van der Waals surface area contributed by atoms with Crippen molar-refractivity contribution in [2.45, 2.75) is 12.8 Å². The highest BCUT2D eigenvalue weighted by atomic mass is 16.5. The second-order valence-corrected chi connectivity index (χ2v) is 4.61. The monoisotopic (exact) mass is 236 g/mol. The van der Waals surface area contributed by atoms with E-state index in [-0.39, 0.29) is 0 Å². The van der Waals surface area contributed by atoms with Crippen LogP contribution in [-0.2, 0) is 6.42 Å². The van der Waals surface area contributed by atoms with Gasteiger partial charge in [0.25, 0.3) is 0 Å². The second kappa shape index (κ2) is 5.09. The van der Waals surface area contributed by atoms with Gasteiger partial charge in [0.15, 0.2) is 0 Å². The Morgan fingerprint density at radius 3 is 2.50 bits per heavy atom. The van der Waals surface area contributed by atoms with Crippen LogP contribution in [0.25, 0.3) is 6.08 Å². The van der Waals surface area contributed by atoms with Gasteiger partial charge in [-0.2, -0.15) is 0 Å². The van der Waals surface area contributed by atoms with Gasteiger partial charge >= 0.3 is 0 Å². The van der Waals surface area contributed by atoms with Gasteiger partial charge in [0.2, 0.25) is 0 Å². The molecule has 1 heteroatoms. The minimum absolute atomic E-state index is 0.726. The van der Waals surface area contributed by atoms with Crippen LogP contribution in [0.15, 0.2) is 60.2 Å². The lowest BCUT2D eigenvalue weighted by molar-refractivity contribution is 0.342. The van der Waals surface area contributed by atoms with Crippen LogP contribution >= 0.6 is 0 Å². The van der Waals surface area contributed by atoms with Gasteiger partial charge < -0.3 is 4.74 Å². The molecule has 0 atom stereocenters. The molecule has 1 heterocycles. The van der Waals surface area contributed by atoms with Crippen molar-refractivity contribution in [3.05, 3.63) is 71.3 Å². The highest BCUT2D eigenvalue weighted by molar-refractivity contribution is 5.62. The molecule has 1 nitrogen and oxygen atoms in total. The first-order valence-electron chi connectivity index (χ1n) is 6.37. The van der Waals surface area contributed by atoms with Gasteiger partial charge in [-0.25, -0.2) is 0 Å². The molecular formula is C17H16O. The molecule has 0 saturated heterocycles. The molecule has 0 spiro atoms. The average molecular weight is 236 g/mol. The Labute approximate surface area is 108 Å². The van der Waals surface area contributed by atoms with Gasteiger partial charge in [-0.3, -0.25) is 0 Å². The number of rotatable bonds is 3. The van der Waals surface area contributed by atoms with Crippen LogP contribution in [0.3, 0.4) is 0 Å². The van der Waals surface area contributed by atoms with Gasteiger partial charge in [-0.15, -0.1) is 0 Å². The maximum atomic E-state index is 5.76. The van der Waals surface area contributed by atoms with Crippen molar-refractivity contribution < 1.29 is 4.74 Å². The summed E-state index contributed by atoms with van der Waals surface area (Å²) in [5, 5.41) is 0. The molecule has 0 fully saturated rings. The summed E-state index contributed by atoms with van der Waals surface area (Å²) < 4.78 is 5.76. The van der Waals surface area contributed by atoms with E-state index in [1.165, 1.54) is 16.7 Å². The first-order valence-corrected chi connectivity index (χ1v) is 6.37. The normalized spacial score (nSPS) is 13.4. The molecule has 0 radical (unpaired) electrons. The topological polar surface area (TPSA) is 9.23 Å². The lowest BCUT2D eigenvalue weighted by atomic mass is 10.0. The zero-order valence-corrected chi connectivity index (χ0v) is 10.3. The molecule has 1 aliphatic rings. The van der Waals surface area contributed by atoms with Gasteiger partial charge in [0.05, 0.1) is 0 Å². The fourth-order valence-electron chi connectivity index (χ4n) is 2.26. The van der Waals surface area contributed by atoms with Crippen LogP contribution in [0.5, 0.6) is 5.75 Å². The fourth-order valence-corrected chi connectivity index (χ4v) is 2.26. The van der Waals surface area contributed by atoms with Crippen LogP contribution in [0.2, 0.25) is 0 Å². The molecule has 0 bridgehead atoms. The first kappa shape index (κ1) is 11.1. The summed E-state index contributed by atoms with van der Waals surface area (Å²) in [7, 11) is 0. The Balaban J connectivity index is 1.70. The highest BCUT2D eigenvalue weighted by Gasteiger charge is 2.10. The number of hydrogen-bond acceptors (Lipinski definition) is 1. The minimum atomic E-state index is 0.726. The summed E-state index contributed by atoms with van der Waals surface area (Å²) in [6.45, 7) is 0.726. The smallest absolute Gasteiger partial charge is 0.127 e. The number of aryl methyl sites for hydroxylation is 1. The van der Waals surface area contributed by atoms with Crippen LogP contribution < -0.4 is 4.74 Å². The molecule has 0 aliphatic carbocycles. The summed E-state index contributed by atoms with van der Waals surface area (Å²) in [5.74, 6) is 1.00. The van der Waals surface area contributed by atoms with Gasteiger partial charge in [0.1, 0.15) is 12.4 Å². The Morgan fingerprint density at radius 1 is 0.833 bits per heavy atom. The summed E-state index contributed by atoms with van der Waals surface area (Å²) in [6.07, 6.45) is 4.42. The number of para-hydroxylation sites is 1. The number of hydrogen-bond donors (Lipinski definition) is 0. The summed E-state index contributed by atoms with van der Waals surface area (Å²) in [5.41, 5.74) is 3.96. The second-order valence-electron chi connectivity index (χ2n) is 4.61. The quantitative estimate of drug-likeness (QED) is 0.779. The molecule has 0 amide bonds. The molecule has 0 N–H and O–H groups in total. The van der Waals surface area contributed by atoms with Crippen LogP contribution in [0.4, 0.5) is 0 Å². The van der Waals surface area contributed by atoms with Crippen molar-refractivity contribution in [1.29, 1.82) is 0 Å². The fraction of sp³-hybridized carbons (Fsp3) is 0.176. The Bertz CT molecular complexity index is 555. The molecule has 0 saturated carbocycles. The highest BCUT2D eigenvalue weighted by Crippen LogP contribution is 2.27. The molecule has 2 aromatic carbocycles. The van der Waals surface area contributed by atoms with E-state index in [0.717, 1.165) is 25.2 Å². The van der Waals surface area contributed by atoms with E-state index in [2.05, 4.69) is 48.5 Å². The van der Waals surface area contributed by atoms with Crippen molar-refractivity contribution >= 4 is 6.08 Å². The summed E-state index contributed by atoms with van der Waals surface area (Å²) in [4.78, 5) is 0. The van der Waals surface area contributed by atoms with Crippen LogP contribution in [-0.4, -0.2) is 6.61 Å². The van der Waals surface area contributed by atoms with E-state index in [1.54, 1.807) is 0 Å². The third-order valence-corrected chi connectivity index (χ3v) is 3.27. The maximum absolute atomic E-state index is 5.76. The standard InChI is InChI=1S/C17H16O/c1-2-6-14(7-3-1)10-11-15-12-16-8-4-5-9-17(16)18-13-15/h1-9,12H,10-11,13H2. The zero-order valence-electron chi connectivity index (χ0n) is 10.3. The SMILES string of the molecule is C1=C(CCc2ccccc2)COc2ccccc21. The van der Waals surface area contributed by atoms with Crippen molar-refractivity contribution in [2.75, 3.05) is 6.61 Å². The van der Waals surface area contributed by atoms with E-state index < -0.39 is 0 Å². The summed E-state index contributed by atoms with van der Waals surface area (Å²) in [6, 6.07) is 18.8. The van der Waals surface area contributed by atoms with Crippen molar-refractivity contribution in [3.63, 3.8) is 0 Å². The lowest BCUT2D eigenvalue weighted by Gasteiger charge is -2.17. The van der Waals surface area contributed by atoms with Crippen molar-refractivity contribution in [2.24, 2.45) is 0 Å². The molecule has 90 valence electrons. The van der Waals surface area contributed by atoms with E-state index in [1.807, 2.05) is 12.1 Å². The number of fused-ring (bicyclic) bond motifs is 1. The van der Waals surface area contributed by atoms with Crippen molar-refractivity contribution in [3.8, 4) is 5.75 Å². The average Bonchev–Trinajstić information content (AvgIpc) is 2.46. The molecule has 1 aliphatic heterocycles. The Morgan fingerprint density at radius 2 is 1.61 bits per heavy atom. The first-order chi connectivity index (χ1) is 8.92. The zero-order chi connectivity index (χ0) is 12.2. The van der Waals surface area contributed by atoms with E-state index in [4.69, 9.17) is 4.74 Å². The predicted octanol–water partition coefficient (Wildman–Crippen LogP) is 4.10.